The number of aromatic nitrogens is 1. The summed E-state index contributed by atoms with van der Waals surface area (Å²) in [5, 5.41) is 15.3. The fourth-order valence-corrected chi connectivity index (χ4v) is 3.39. The van der Waals surface area contributed by atoms with Gasteiger partial charge in [0.25, 0.3) is 0 Å². The molecule has 1 aromatic heterocycles. The number of hydrogen-bond donors (Lipinski definition) is 3. The smallest absolute Gasteiger partial charge is 0.237 e. The minimum atomic E-state index is -0.419. The summed E-state index contributed by atoms with van der Waals surface area (Å²) >= 11 is 1.63. The van der Waals surface area contributed by atoms with E-state index in [0.29, 0.717) is 19.5 Å². The zero-order valence-electron chi connectivity index (χ0n) is 12.8. The van der Waals surface area contributed by atoms with E-state index in [9.17, 15) is 9.90 Å². The van der Waals surface area contributed by atoms with E-state index in [2.05, 4.69) is 27.8 Å². The molecule has 124 valence electrons. The summed E-state index contributed by atoms with van der Waals surface area (Å²) in [5.74, 6) is -0.0565. The van der Waals surface area contributed by atoms with Crippen molar-refractivity contribution in [3.63, 3.8) is 0 Å². The van der Waals surface area contributed by atoms with Crippen LogP contribution in [0, 0.1) is 6.92 Å². The van der Waals surface area contributed by atoms with E-state index in [-0.39, 0.29) is 24.4 Å². The number of nitrogens with zero attached hydrogens (tertiary/aromatic N) is 1. The highest BCUT2D eigenvalue weighted by atomic mass is 35.5. The third-order valence-corrected chi connectivity index (χ3v) is 4.83. The van der Waals surface area contributed by atoms with Crippen LogP contribution < -0.4 is 10.6 Å². The zero-order chi connectivity index (χ0) is 15.5. The minimum absolute atomic E-state index is 0. The highest BCUT2D eigenvalue weighted by Crippen LogP contribution is 2.27. The van der Waals surface area contributed by atoms with Gasteiger partial charge in [-0.1, -0.05) is 24.3 Å². The molecule has 1 saturated heterocycles. The Balaban J connectivity index is 0.00000192. The normalized spacial score (nSPS) is 20.1. The van der Waals surface area contributed by atoms with Crippen LogP contribution in [0.2, 0.25) is 0 Å². The molecule has 2 aromatic rings. The number of carbonyl (C=O) groups excluding carboxylic acids is 1. The monoisotopic (exact) mass is 353 g/mol. The Bertz CT molecular complexity index is 660. The number of thiazole rings is 1. The lowest BCUT2D eigenvalue weighted by atomic mass is 10.1. The largest absolute Gasteiger partial charge is 0.392 e. The lowest BCUT2D eigenvalue weighted by Crippen LogP contribution is -2.39. The van der Waals surface area contributed by atoms with E-state index in [4.69, 9.17) is 0 Å². The summed E-state index contributed by atoms with van der Waals surface area (Å²) in [6.45, 7) is 2.99. The summed E-state index contributed by atoms with van der Waals surface area (Å²) < 4.78 is 0. The third kappa shape index (κ3) is 4.29. The predicted octanol–water partition coefficient (Wildman–Crippen LogP) is 1.88. The molecule has 2 unspecified atom stereocenters. The van der Waals surface area contributed by atoms with Gasteiger partial charge < -0.3 is 15.7 Å². The number of amides is 1. The zero-order valence-corrected chi connectivity index (χ0v) is 14.4. The highest BCUT2D eigenvalue weighted by molar-refractivity contribution is 7.13. The maximum Gasteiger partial charge on any atom is 0.237 e. The van der Waals surface area contributed by atoms with Crippen LogP contribution in [0.15, 0.2) is 29.8 Å². The van der Waals surface area contributed by atoms with Crippen LogP contribution in [0.25, 0.3) is 10.4 Å². The van der Waals surface area contributed by atoms with E-state index in [1.165, 1.54) is 4.88 Å². The van der Waals surface area contributed by atoms with Crippen molar-refractivity contribution in [2.24, 2.45) is 0 Å². The maximum absolute atomic E-state index is 12.0. The van der Waals surface area contributed by atoms with Crippen molar-refractivity contribution in [3.8, 4) is 10.4 Å². The molecule has 1 aromatic carbocycles. The molecule has 2 heterocycles. The molecule has 1 aliphatic heterocycles. The van der Waals surface area contributed by atoms with Gasteiger partial charge in [0.15, 0.2) is 0 Å². The molecular weight excluding hydrogens is 334 g/mol. The Morgan fingerprint density at radius 2 is 2.17 bits per heavy atom. The van der Waals surface area contributed by atoms with Crippen LogP contribution in [0.3, 0.4) is 0 Å². The SMILES string of the molecule is Cc1ncsc1-c1ccc(CNC(=O)C2CC(O)CN2)cc1.Cl. The number of aryl methyl sites for hydroxylation is 1. The first kappa shape index (κ1) is 17.9. The quantitative estimate of drug-likeness (QED) is 0.784. The van der Waals surface area contributed by atoms with Crippen molar-refractivity contribution in [2.45, 2.75) is 32.0 Å². The Kier molecular flexibility index (Phi) is 6.12. The van der Waals surface area contributed by atoms with Crippen molar-refractivity contribution < 1.29 is 9.90 Å². The Hall–Kier alpha value is -1.47. The molecule has 23 heavy (non-hydrogen) atoms. The average molecular weight is 354 g/mol. The average Bonchev–Trinajstić information content (AvgIpc) is 3.14. The molecule has 0 aliphatic carbocycles. The highest BCUT2D eigenvalue weighted by Gasteiger charge is 2.27. The van der Waals surface area contributed by atoms with Gasteiger partial charge in [0.1, 0.15) is 0 Å². The maximum atomic E-state index is 12.0. The predicted molar refractivity (Wildman–Crippen MR) is 93.8 cm³/mol. The van der Waals surface area contributed by atoms with Crippen LogP contribution in [-0.4, -0.2) is 34.7 Å². The number of hydrogen-bond acceptors (Lipinski definition) is 5. The first-order valence-electron chi connectivity index (χ1n) is 7.32. The van der Waals surface area contributed by atoms with Crippen molar-refractivity contribution in [1.29, 1.82) is 0 Å². The number of halogens is 1. The molecule has 0 bridgehead atoms. The molecule has 5 nitrogen and oxygen atoms in total. The van der Waals surface area contributed by atoms with Gasteiger partial charge in [-0.25, -0.2) is 4.98 Å². The summed E-state index contributed by atoms with van der Waals surface area (Å²) in [5.41, 5.74) is 5.09. The molecule has 2 atom stereocenters. The number of β-amino-alcohol motifs (C(OH)–C–C–N with tert-alkyl or cyclic N) is 1. The Morgan fingerprint density at radius 1 is 1.43 bits per heavy atom. The molecule has 1 fully saturated rings. The summed E-state index contributed by atoms with van der Waals surface area (Å²) in [7, 11) is 0. The van der Waals surface area contributed by atoms with Gasteiger partial charge in [0.05, 0.1) is 28.2 Å². The Labute approximate surface area is 145 Å². The van der Waals surface area contributed by atoms with E-state index in [1.54, 1.807) is 11.3 Å². The number of aliphatic hydroxyl groups excluding tert-OH is 1. The van der Waals surface area contributed by atoms with Gasteiger partial charge in [-0.2, -0.15) is 0 Å². The van der Waals surface area contributed by atoms with Gasteiger partial charge in [-0.3, -0.25) is 4.79 Å². The molecule has 3 rings (SSSR count). The van der Waals surface area contributed by atoms with Crippen LogP contribution in [0.1, 0.15) is 17.7 Å². The van der Waals surface area contributed by atoms with Gasteiger partial charge in [0.2, 0.25) is 5.91 Å². The number of nitrogens with one attached hydrogen (secondary N) is 2. The number of benzene rings is 1. The molecule has 0 spiro atoms. The van der Waals surface area contributed by atoms with Gasteiger partial charge in [0, 0.05) is 13.1 Å². The second kappa shape index (κ2) is 7.88. The molecule has 0 saturated carbocycles. The first-order valence-corrected chi connectivity index (χ1v) is 8.20. The topological polar surface area (TPSA) is 74.2 Å². The Morgan fingerprint density at radius 3 is 2.74 bits per heavy atom. The second-order valence-electron chi connectivity index (χ2n) is 5.53. The first-order chi connectivity index (χ1) is 10.6. The number of carbonyl (C=O) groups is 1. The minimum Gasteiger partial charge on any atom is -0.392 e. The van der Waals surface area contributed by atoms with E-state index >= 15 is 0 Å². The molecule has 3 N–H and O–H groups in total. The summed E-state index contributed by atoms with van der Waals surface area (Å²) in [6, 6.07) is 7.87. The third-order valence-electron chi connectivity index (χ3n) is 3.85. The van der Waals surface area contributed by atoms with Crippen molar-refractivity contribution in [1.82, 2.24) is 15.6 Å². The van der Waals surface area contributed by atoms with Gasteiger partial charge in [-0.05, 0) is 24.5 Å². The second-order valence-corrected chi connectivity index (χ2v) is 6.39. The van der Waals surface area contributed by atoms with Crippen LogP contribution >= 0.6 is 23.7 Å². The lowest BCUT2D eigenvalue weighted by Gasteiger charge is -2.11. The van der Waals surface area contributed by atoms with Gasteiger partial charge >= 0.3 is 0 Å². The number of aliphatic hydroxyl groups is 1. The van der Waals surface area contributed by atoms with Crippen molar-refractivity contribution >= 4 is 29.7 Å². The number of rotatable bonds is 4. The lowest BCUT2D eigenvalue weighted by molar-refractivity contribution is -0.123. The standard InChI is InChI=1S/C16H19N3O2S.ClH/c1-10-15(22-9-19-10)12-4-2-11(3-5-12)7-18-16(21)14-6-13(20)8-17-14;/h2-5,9,13-14,17,20H,6-8H2,1H3,(H,18,21);1H. The van der Waals surface area contributed by atoms with Crippen molar-refractivity contribution in [2.75, 3.05) is 6.54 Å². The van der Waals surface area contributed by atoms with Crippen LogP contribution in [-0.2, 0) is 11.3 Å². The molecular formula is C16H20ClN3O2S. The fraction of sp³-hybridized carbons (Fsp3) is 0.375. The molecule has 1 aliphatic rings. The fourth-order valence-electron chi connectivity index (χ4n) is 2.58. The van der Waals surface area contributed by atoms with E-state index in [1.807, 2.05) is 24.6 Å². The van der Waals surface area contributed by atoms with E-state index < -0.39 is 6.10 Å². The van der Waals surface area contributed by atoms with Gasteiger partial charge in [-0.15, -0.1) is 23.7 Å². The molecule has 7 heteroatoms. The molecule has 0 radical (unpaired) electrons. The van der Waals surface area contributed by atoms with Crippen LogP contribution in [0.5, 0.6) is 0 Å². The van der Waals surface area contributed by atoms with Crippen LogP contribution in [0.4, 0.5) is 0 Å². The summed E-state index contributed by atoms with van der Waals surface area (Å²) in [4.78, 5) is 17.4. The molecule has 1 amide bonds. The van der Waals surface area contributed by atoms with Crippen molar-refractivity contribution in [3.05, 3.63) is 41.0 Å². The summed E-state index contributed by atoms with van der Waals surface area (Å²) in [6.07, 6.45) is 0.0628. The van der Waals surface area contributed by atoms with E-state index in [0.717, 1.165) is 16.8 Å².